The predicted octanol–water partition coefficient (Wildman–Crippen LogP) is 6.63. The second kappa shape index (κ2) is 13.8. The zero-order valence-electron chi connectivity index (χ0n) is 36.5. The quantitative estimate of drug-likeness (QED) is 0.132. The normalized spacial score (nSPS) is 36.6. The third-order valence-electron chi connectivity index (χ3n) is 17.5. The van der Waals surface area contributed by atoms with E-state index >= 15 is 26.3 Å². The molecule has 0 amide bonds. The van der Waals surface area contributed by atoms with Gasteiger partial charge in [-0.3, -0.25) is 19.4 Å². The minimum absolute atomic E-state index is 0.0105. The Morgan fingerprint density at radius 3 is 1.43 bits per heavy atom. The minimum atomic E-state index is -6.28. The van der Waals surface area contributed by atoms with Crippen LogP contribution in [0.15, 0.2) is 24.3 Å². The van der Waals surface area contributed by atoms with Gasteiger partial charge in [0.2, 0.25) is 0 Å². The van der Waals surface area contributed by atoms with Crippen molar-refractivity contribution in [3.63, 3.8) is 0 Å². The van der Waals surface area contributed by atoms with Crippen LogP contribution in [0.2, 0.25) is 0 Å². The number of hydrogen-bond acceptors (Lipinski definition) is 14. The van der Waals surface area contributed by atoms with E-state index in [1.165, 1.54) is 12.1 Å². The van der Waals surface area contributed by atoms with Gasteiger partial charge in [0.05, 0.1) is 22.0 Å². The van der Waals surface area contributed by atoms with E-state index in [0.29, 0.717) is 35.8 Å². The van der Waals surface area contributed by atoms with Crippen LogP contribution in [0, 0.1) is 11.8 Å². The number of halogens is 6. The lowest BCUT2D eigenvalue weighted by molar-refractivity contribution is -0.323. The summed E-state index contributed by atoms with van der Waals surface area (Å²) in [6.45, 7) is 0.0586. The predicted molar refractivity (Wildman–Crippen MR) is 215 cm³/mol. The average molecular weight is 947 g/mol. The van der Waals surface area contributed by atoms with Gasteiger partial charge in [0.25, 0.3) is 0 Å². The van der Waals surface area contributed by atoms with Crippen molar-refractivity contribution in [1.82, 2.24) is 9.80 Å². The van der Waals surface area contributed by atoms with Crippen molar-refractivity contribution < 1.29 is 84.2 Å². The number of piperidine rings is 2. The molecule has 10 atom stereocenters. The highest BCUT2D eigenvalue weighted by Crippen LogP contribution is 2.72. The van der Waals surface area contributed by atoms with Crippen molar-refractivity contribution in [3.05, 3.63) is 46.5 Å². The van der Waals surface area contributed by atoms with E-state index in [-0.39, 0.29) is 72.9 Å². The summed E-state index contributed by atoms with van der Waals surface area (Å²) in [4.78, 5) is 56.9. The first-order chi connectivity index (χ1) is 31.6. The van der Waals surface area contributed by atoms with Gasteiger partial charge in [-0.1, -0.05) is 12.1 Å². The molecule has 10 aliphatic rings. The lowest BCUT2D eigenvalue weighted by Crippen LogP contribution is -2.72. The van der Waals surface area contributed by atoms with Crippen LogP contribution in [0.5, 0.6) is 23.0 Å². The fourth-order valence-corrected chi connectivity index (χ4v) is 13.8. The number of aliphatic hydroxyl groups is 2. The van der Waals surface area contributed by atoms with Crippen LogP contribution in [0.1, 0.15) is 112 Å². The first-order valence-corrected chi connectivity index (χ1v) is 23.1. The second-order valence-corrected chi connectivity index (χ2v) is 20.8. The summed E-state index contributed by atoms with van der Waals surface area (Å²) in [5.74, 6) is -18.5. The molecule has 6 fully saturated rings. The minimum Gasteiger partial charge on any atom is -0.477 e. The first kappa shape index (κ1) is 43.6. The van der Waals surface area contributed by atoms with Crippen LogP contribution in [-0.2, 0) is 29.9 Å². The molecule has 2 N–H and O–H groups in total. The van der Waals surface area contributed by atoms with E-state index in [1.54, 1.807) is 12.1 Å². The molecule has 0 aromatic heterocycles. The van der Waals surface area contributed by atoms with Gasteiger partial charge >= 0.3 is 30.1 Å². The van der Waals surface area contributed by atoms with Crippen molar-refractivity contribution >= 4 is 23.9 Å². The Balaban J connectivity index is 0.724. The summed E-state index contributed by atoms with van der Waals surface area (Å²) in [7, 11) is 0. The molecular formula is C47H48F6N2O12. The monoisotopic (exact) mass is 946 g/mol. The van der Waals surface area contributed by atoms with Gasteiger partial charge in [-0.25, -0.2) is 9.59 Å². The average Bonchev–Trinajstić information content (AvgIpc) is 4.17. The highest BCUT2D eigenvalue weighted by molar-refractivity contribution is 5.91. The molecule has 0 radical (unpaired) electrons. The number of fused-ring (bicyclic) bond motifs is 4. The van der Waals surface area contributed by atoms with Crippen molar-refractivity contribution in [2.45, 2.75) is 154 Å². The molecule has 2 aromatic rings. The number of likely N-dealkylation sites (tertiary alicyclic amines) is 2. The number of benzene rings is 2. The van der Waals surface area contributed by atoms with Crippen LogP contribution < -0.4 is 18.9 Å². The van der Waals surface area contributed by atoms with E-state index < -0.39 is 89.0 Å². The number of carbonyl (C=O) groups excluding carboxylic acids is 4. The number of nitrogens with zero attached hydrogens (tertiary/aromatic N) is 2. The Labute approximate surface area is 379 Å². The van der Waals surface area contributed by atoms with Gasteiger partial charge in [0.15, 0.2) is 60.0 Å². The van der Waals surface area contributed by atoms with Crippen LogP contribution in [0.25, 0.3) is 0 Å². The highest BCUT2D eigenvalue weighted by atomic mass is 19.3. The number of ketones is 2. The smallest absolute Gasteiger partial charge is 0.477 e. The molecule has 2 aromatic carbocycles. The summed E-state index contributed by atoms with van der Waals surface area (Å²) in [5.41, 5.74) is -2.94. The van der Waals surface area contributed by atoms with E-state index in [1.807, 2.05) is 13.8 Å². The largest absolute Gasteiger partial charge is 0.514 e. The summed E-state index contributed by atoms with van der Waals surface area (Å²) in [6, 6.07) is 4.54. The lowest BCUT2D eigenvalue weighted by Gasteiger charge is -2.58. The summed E-state index contributed by atoms with van der Waals surface area (Å²) in [6.07, 6.45) is -1.07. The van der Waals surface area contributed by atoms with Gasteiger partial charge in [0.1, 0.15) is 0 Å². The molecule has 6 aliphatic carbocycles. The Bertz CT molecular complexity index is 2390. The maximum atomic E-state index is 15.1. The van der Waals surface area contributed by atoms with Crippen LogP contribution in [0.3, 0.4) is 0 Å². The molecule has 2 spiro atoms. The molecule has 2 saturated heterocycles. The fourth-order valence-electron chi connectivity index (χ4n) is 13.8. The van der Waals surface area contributed by atoms with Gasteiger partial charge in [-0.15, -0.1) is 0 Å². The Kier molecular flexibility index (Phi) is 8.96. The third kappa shape index (κ3) is 5.55. The molecule has 5 unspecified atom stereocenters. The topological polar surface area (TPSA) is 171 Å². The van der Waals surface area contributed by atoms with Crippen molar-refractivity contribution in [3.8, 4) is 23.0 Å². The molecule has 67 heavy (non-hydrogen) atoms. The third-order valence-corrected chi connectivity index (χ3v) is 17.5. The number of rotatable bonds is 12. The Hall–Kier alpha value is -4.66. The number of carbonyl (C=O) groups is 4. The van der Waals surface area contributed by atoms with Crippen LogP contribution >= 0.6 is 0 Å². The van der Waals surface area contributed by atoms with Gasteiger partial charge in [0, 0.05) is 61.2 Å². The first-order valence-electron chi connectivity index (χ1n) is 23.1. The van der Waals surface area contributed by atoms with Gasteiger partial charge < -0.3 is 38.6 Å². The second-order valence-electron chi connectivity index (χ2n) is 20.8. The lowest BCUT2D eigenvalue weighted by atomic mass is 9.55. The van der Waals surface area contributed by atoms with E-state index in [4.69, 9.17) is 18.9 Å². The van der Waals surface area contributed by atoms with Gasteiger partial charge in [-0.2, -0.15) is 26.3 Å². The molecule has 4 saturated carbocycles. The fraction of sp³-hybridized carbons (Fsp3) is 0.660. The molecule has 4 heterocycles. The molecule has 12 rings (SSSR count). The van der Waals surface area contributed by atoms with E-state index in [2.05, 4.69) is 19.3 Å². The SMILES string of the molecule is CC1N(CC2CC2)C2C[C@]34c5c2ccc(OC(=O)OCC(F)(F)C(F)(F)C(F)(F)COC(=O)Oc2ccc6c7c2O[C@H]2C(=O)CC[C@@]8(O)C(C)N(CC9CC9)C6C[C@]728)c5OC3C(=O)CC[C@@]14O. The molecule has 20 heteroatoms. The standard InChI is InChI=1S/C47H48F6N2O12/c1-21-43(60)13-11-29(56)37-41(43)15-27(54(21)17-23-3-4-23)25-7-9-31(35(66-37)33(25)41)64-39(58)62-19-45(48,49)47(52,53)46(50,51)20-63-40(59)65-32-10-8-26-28-16-42-34(26)36(32)67-38(42)30(57)12-14-44(42,61)22(2)55(28)18-24-5-6-24/h7-10,21-24,27-28,37-38,60-61H,3-6,11-20H2,1-2H3/t21?,22?,27?,28?,37-,38?,41-,42-,43+,44+/m0/s1. The Morgan fingerprint density at radius 2 is 1.06 bits per heavy atom. The number of Topliss-reactive ketones (excluding diaryl/α,β-unsaturated/α-hetero) is 2. The maximum absolute atomic E-state index is 15.1. The van der Waals surface area contributed by atoms with Crippen molar-refractivity contribution in [1.29, 1.82) is 0 Å². The molecule has 360 valence electrons. The highest BCUT2D eigenvalue weighted by Gasteiger charge is 2.78. The molecular weight excluding hydrogens is 899 g/mol. The summed E-state index contributed by atoms with van der Waals surface area (Å²) >= 11 is 0. The van der Waals surface area contributed by atoms with Crippen LogP contribution in [0.4, 0.5) is 35.9 Å². The van der Waals surface area contributed by atoms with Gasteiger partial charge in [-0.05, 0) is 100 Å². The zero-order valence-corrected chi connectivity index (χ0v) is 36.5. The number of alkyl halides is 6. The van der Waals surface area contributed by atoms with Crippen molar-refractivity contribution in [2.75, 3.05) is 26.3 Å². The summed E-state index contributed by atoms with van der Waals surface area (Å²) in [5, 5.41) is 24.8. The van der Waals surface area contributed by atoms with Crippen molar-refractivity contribution in [2.24, 2.45) is 11.8 Å². The zero-order chi connectivity index (χ0) is 47.2. The molecule has 4 bridgehead atoms. The molecule has 4 aliphatic heterocycles. The number of hydrogen-bond donors (Lipinski definition) is 2. The van der Waals surface area contributed by atoms with E-state index in [9.17, 15) is 29.4 Å². The Morgan fingerprint density at radius 1 is 0.672 bits per heavy atom. The summed E-state index contributed by atoms with van der Waals surface area (Å²) < 4.78 is 122. The molecule has 14 nitrogen and oxygen atoms in total. The number of ether oxygens (including phenoxy) is 6. The maximum Gasteiger partial charge on any atom is 0.514 e. The van der Waals surface area contributed by atoms with Crippen LogP contribution in [-0.4, -0.2) is 123 Å². The van der Waals surface area contributed by atoms with E-state index in [0.717, 1.165) is 49.9 Å².